The maximum absolute atomic E-state index is 10.1. The summed E-state index contributed by atoms with van der Waals surface area (Å²) in [7, 11) is 0. The minimum Gasteiger partial charge on any atom is -0.493 e. The van der Waals surface area contributed by atoms with E-state index in [1.54, 1.807) is 0 Å². The van der Waals surface area contributed by atoms with Gasteiger partial charge in [0.2, 0.25) is 0 Å². The van der Waals surface area contributed by atoms with E-state index in [1.165, 1.54) is 36.8 Å². The van der Waals surface area contributed by atoms with Crippen LogP contribution in [0.1, 0.15) is 30.4 Å². The average molecular weight is 204 g/mol. The minimum absolute atomic E-state index is 0.469. The van der Waals surface area contributed by atoms with Gasteiger partial charge in [0.05, 0.1) is 6.61 Å². The highest BCUT2D eigenvalue weighted by Crippen LogP contribution is 2.25. The zero-order valence-electron chi connectivity index (χ0n) is 8.87. The molecule has 0 heterocycles. The summed E-state index contributed by atoms with van der Waals surface area (Å²) in [5.74, 6) is 0.900. The molecule has 0 aromatic heterocycles. The fourth-order valence-corrected chi connectivity index (χ4v) is 2.02. The fraction of sp³-hybridized carbons (Fsp3) is 0.462. The van der Waals surface area contributed by atoms with Crippen LogP contribution in [0, 0.1) is 0 Å². The molecule has 0 saturated heterocycles. The normalized spacial score (nSPS) is 14.4. The molecule has 1 aromatic carbocycles. The fourth-order valence-electron chi connectivity index (χ4n) is 2.02. The maximum Gasteiger partial charge on any atom is 0.123 e. The van der Waals surface area contributed by atoms with E-state index in [4.69, 9.17) is 4.74 Å². The third-order valence-corrected chi connectivity index (χ3v) is 2.82. The van der Waals surface area contributed by atoms with Gasteiger partial charge in [-0.2, -0.15) is 0 Å². The van der Waals surface area contributed by atoms with Crippen molar-refractivity contribution in [1.29, 1.82) is 0 Å². The Hall–Kier alpha value is -1.31. The van der Waals surface area contributed by atoms with Gasteiger partial charge in [-0.3, -0.25) is 0 Å². The molecule has 80 valence electrons. The number of aryl methyl sites for hydroxylation is 2. The number of fused-ring (bicyclic) bond motifs is 1. The second-order valence-electron chi connectivity index (χ2n) is 3.94. The van der Waals surface area contributed by atoms with Crippen molar-refractivity contribution in [3.05, 3.63) is 29.3 Å². The van der Waals surface area contributed by atoms with Gasteiger partial charge < -0.3 is 9.53 Å². The average Bonchev–Trinajstić information content (AvgIpc) is 2.29. The van der Waals surface area contributed by atoms with Gasteiger partial charge in [0.25, 0.3) is 0 Å². The summed E-state index contributed by atoms with van der Waals surface area (Å²) in [6.45, 7) is 0.488. The largest absolute Gasteiger partial charge is 0.493 e. The molecular formula is C13H16O2. The quantitative estimate of drug-likeness (QED) is 0.556. The molecule has 15 heavy (non-hydrogen) atoms. The number of benzene rings is 1. The van der Waals surface area contributed by atoms with Crippen molar-refractivity contribution in [1.82, 2.24) is 0 Å². The molecule has 2 rings (SSSR count). The van der Waals surface area contributed by atoms with Crippen LogP contribution in [-0.4, -0.2) is 12.9 Å². The van der Waals surface area contributed by atoms with Crippen molar-refractivity contribution in [3.63, 3.8) is 0 Å². The van der Waals surface area contributed by atoms with Crippen molar-refractivity contribution in [2.75, 3.05) is 6.61 Å². The maximum atomic E-state index is 10.1. The molecule has 2 nitrogen and oxygen atoms in total. The highest BCUT2D eigenvalue weighted by Gasteiger charge is 2.09. The Balaban J connectivity index is 2.03. The van der Waals surface area contributed by atoms with Crippen LogP contribution in [0.3, 0.4) is 0 Å². The second-order valence-corrected chi connectivity index (χ2v) is 3.94. The monoisotopic (exact) mass is 204 g/mol. The van der Waals surface area contributed by atoms with Crippen LogP contribution in [0.2, 0.25) is 0 Å². The molecule has 0 N–H and O–H groups in total. The zero-order chi connectivity index (χ0) is 10.5. The Morgan fingerprint density at radius 3 is 2.80 bits per heavy atom. The molecule has 1 aliphatic carbocycles. The van der Waals surface area contributed by atoms with E-state index in [9.17, 15) is 4.79 Å². The first-order valence-electron chi connectivity index (χ1n) is 5.58. The zero-order valence-corrected chi connectivity index (χ0v) is 8.87. The second kappa shape index (κ2) is 4.96. The number of aldehydes is 1. The van der Waals surface area contributed by atoms with Crippen LogP contribution < -0.4 is 4.74 Å². The van der Waals surface area contributed by atoms with Gasteiger partial charge in [-0.15, -0.1) is 0 Å². The lowest BCUT2D eigenvalue weighted by Gasteiger charge is -2.16. The van der Waals surface area contributed by atoms with Crippen molar-refractivity contribution < 1.29 is 9.53 Å². The van der Waals surface area contributed by atoms with Crippen molar-refractivity contribution in [2.24, 2.45) is 0 Å². The van der Waals surface area contributed by atoms with E-state index >= 15 is 0 Å². The molecule has 0 unspecified atom stereocenters. The van der Waals surface area contributed by atoms with Crippen molar-refractivity contribution >= 4 is 6.29 Å². The Kier molecular flexibility index (Phi) is 3.38. The lowest BCUT2D eigenvalue weighted by Crippen LogP contribution is -2.04. The third kappa shape index (κ3) is 2.58. The SMILES string of the molecule is O=CCCOc1ccc2c(c1)CCCC2. The first-order valence-corrected chi connectivity index (χ1v) is 5.58. The molecule has 2 heteroatoms. The van der Waals surface area contributed by atoms with E-state index < -0.39 is 0 Å². The molecule has 1 aliphatic rings. The number of hydrogen-bond donors (Lipinski definition) is 0. The highest BCUT2D eigenvalue weighted by atomic mass is 16.5. The molecule has 1 aromatic rings. The molecular weight excluding hydrogens is 188 g/mol. The molecule has 0 amide bonds. The van der Waals surface area contributed by atoms with Crippen LogP contribution in [0.4, 0.5) is 0 Å². The standard InChI is InChI=1S/C13H16O2/c14-8-3-9-15-13-7-6-11-4-1-2-5-12(11)10-13/h6-8,10H,1-5,9H2. The Morgan fingerprint density at radius 2 is 2.00 bits per heavy atom. The number of carbonyl (C=O) groups excluding carboxylic acids is 1. The van der Waals surface area contributed by atoms with Gasteiger partial charge in [0.1, 0.15) is 12.0 Å². The van der Waals surface area contributed by atoms with Crippen LogP contribution in [0.15, 0.2) is 18.2 Å². The summed E-state index contributed by atoms with van der Waals surface area (Å²) in [5.41, 5.74) is 2.88. The van der Waals surface area contributed by atoms with Crippen molar-refractivity contribution in [2.45, 2.75) is 32.1 Å². The van der Waals surface area contributed by atoms with Gasteiger partial charge in [-0.1, -0.05) is 6.07 Å². The number of ether oxygens (including phenoxy) is 1. The first kappa shape index (κ1) is 10.2. The summed E-state index contributed by atoms with van der Waals surface area (Å²) in [6.07, 6.45) is 6.31. The number of rotatable bonds is 4. The van der Waals surface area contributed by atoms with Gasteiger partial charge in [0.15, 0.2) is 0 Å². The molecule has 0 bridgehead atoms. The topological polar surface area (TPSA) is 26.3 Å². The van der Waals surface area contributed by atoms with Crippen LogP contribution in [-0.2, 0) is 17.6 Å². The van der Waals surface area contributed by atoms with Gasteiger partial charge >= 0.3 is 0 Å². The minimum atomic E-state index is 0.469. The summed E-state index contributed by atoms with van der Waals surface area (Å²) in [4.78, 5) is 10.1. The lowest BCUT2D eigenvalue weighted by molar-refractivity contribution is -0.108. The molecule has 0 fully saturated rings. The molecule has 0 aliphatic heterocycles. The highest BCUT2D eigenvalue weighted by molar-refractivity contribution is 5.49. The number of carbonyl (C=O) groups is 1. The van der Waals surface area contributed by atoms with E-state index in [2.05, 4.69) is 12.1 Å². The summed E-state index contributed by atoms with van der Waals surface area (Å²) in [5, 5.41) is 0. The van der Waals surface area contributed by atoms with E-state index in [1.807, 2.05) is 6.07 Å². The summed E-state index contributed by atoms with van der Waals surface area (Å²) < 4.78 is 5.48. The third-order valence-electron chi connectivity index (χ3n) is 2.82. The van der Waals surface area contributed by atoms with Gasteiger partial charge in [-0.05, 0) is 48.9 Å². The van der Waals surface area contributed by atoms with Crippen molar-refractivity contribution in [3.8, 4) is 5.75 Å². The molecule has 0 radical (unpaired) electrons. The van der Waals surface area contributed by atoms with E-state index in [0.717, 1.165) is 12.0 Å². The number of hydrogen-bond acceptors (Lipinski definition) is 2. The molecule has 0 atom stereocenters. The Morgan fingerprint density at radius 1 is 1.20 bits per heavy atom. The van der Waals surface area contributed by atoms with Crippen LogP contribution >= 0.6 is 0 Å². The van der Waals surface area contributed by atoms with Crippen LogP contribution in [0.5, 0.6) is 5.75 Å². The Labute approximate surface area is 90.3 Å². The van der Waals surface area contributed by atoms with E-state index in [0.29, 0.717) is 13.0 Å². The van der Waals surface area contributed by atoms with E-state index in [-0.39, 0.29) is 0 Å². The van der Waals surface area contributed by atoms with Gasteiger partial charge in [0, 0.05) is 6.42 Å². The summed E-state index contributed by atoms with van der Waals surface area (Å²) in [6, 6.07) is 6.29. The first-order chi connectivity index (χ1) is 7.40. The lowest BCUT2D eigenvalue weighted by atomic mass is 9.92. The molecule has 0 saturated carbocycles. The predicted molar refractivity (Wildman–Crippen MR) is 59.3 cm³/mol. The summed E-state index contributed by atoms with van der Waals surface area (Å²) >= 11 is 0. The molecule has 0 spiro atoms. The predicted octanol–water partition coefficient (Wildman–Crippen LogP) is 2.53. The van der Waals surface area contributed by atoms with Crippen LogP contribution in [0.25, 0.3) is 0 Å². The Bertz CT molecular complexity index is 344. The van der Waals surface area contributed by atoms with Gasteiger partial charge in [-0.25, -0.2) is 0 Å². The smallest absolute Gasteiger partial charge is 0.123 e.